The highest BCUT2D eigenvalue weighted by atomic mass is 32.2. The average Bonchev–Trinajstić information content (AvgIpc) is 3.34. The van der Waals surface area contributed by atoms with Gasteiger partial charge in [-0.05, 0) is 36.2 Å². The quantitative estimate of drug-likeness (QED) is 0.334. The molecule has 0 aliphatic rings. The van der Waals surface area contributed by atoms with Gasteiger partial charge in [-0.15, -0.1) is 0 Å². The summed E-state index contributed by atoms with van der Waals surface area (Å²) in [4.78, 5) is 16.8. The maximum absolute atomic E-state index is 12.9. The van der Waals surface area contributed by atoms with Gasteiger partial charge in [0.05, 0.1) is 11.1 Å². The van der Waals surface area contributed by atoms with Crippen LogP contribution in [0.15, 0.2) is 100 Å². The van der Waals surface area contributed by atoms with Crippen molar-refractivity contribution in [2.75, 3.05) is 12.4 Å². The molecular formula is C27H27N3O4S. The topological polar surface area (TPSA) is 92.5 Å². The van der Waals surface area contributed by atoms with E-state index in [1.807, 2.05) is 60.7 Å². The molecule has 8 heteroatoms. The van der Waals surface area contributed by atoms with Crippen molar-refractivity contribution in [2.24, 2.45) is 0 Å². The van der Waals surface area contributed by atoms with Gasteiger partial charge in [0.25, 0.3) is 0 Å². The lowest BCUT2D eigenvalue weighted by Crippen LogP contribution is -2.26. The Hall–Kier alpha value is -3.75. The Morgan fingerprint density at radius 3 is 2.29 bits per heavy atom. The van der Waals surface area contributed by atoms with Gasteiger partial charge in [0.15, 0.2) is 11.7 Å². The lowest BCUT2D eigenvalue weighted by atomic mass is 10.2. The van der Waals surface area contributed by atoms with Crippen molar-refractivity contribution in [3.63, 3.8) is 0 Å². The number of anilines is 1. The first-order valence-electron chi connectivity index (χ1n) is 11.3. The third-order valence-corrected chi connectivity index (χ3v) is 7.32. The number of nitrogens with zero attached hydrogens (tertiary/aromatic N) is 2. The number of benzene rings is 3. The largest absolute Gasteiger partial charge is 0.441 e. The molecule has 35 heavy (non-hydrogen) atoms. The van der Waals surface area contributed by atoms with E-state index in [2.05, 4.69) is 10.3 Å². The molecule has 180 valence electrons. The van der Waals surface area contributed by atoms with Crippen LogP contribution in [-0.2, 0) is 27.8 Å². The highest BCUT2D eigenvalue weighted by Crippen LogP contribution is 2.21. The molecule has 0 aliphatic carbocycles. The maximum atomic E-state index is 12.9. The Kier molecular flexibility index (Phi) is 7.74. The summed E-state index contributed by atoms with van der Waals surface area (Å²) in [7, 11) is -2.09. The number of aromatic nitrogens is 1. The van der Waals surface area contributed by atoms with Gasteiger partial charge in [0.2, 0.25) is 15.9 Å². The minimum atomic E-state index is -3.64. The van der Waals surface area contributed by atoms with Gasteiger partial charge in [0, 0.05) is 37.7 Å². The van der Waals surface area contributed by atoms with E-state index in [1.54, 1.807) is 25.4 Å². The van der Waals surface area contributed by atoms with Crippen LogP contribution in [0, 0.1) is 0 Å². The third-order valence-electron chi connectivity index (χ3n) is 5.50. The Bertz CT molecular complexity index is 1350. The van der Waals surface area contributed by atoms with E-state index >= 15 is 0 Å². The summed E-state index contributed by atoms with van der Waals surface area (Å²) in [5.74, 6) is 1.14. The molecule has 1 N–H and O–H groups in total. The number of carbonyl (C=O) groups is 1. The summed E-state index contributed by atoms with van der Waals surface area (Å²) >= 11 is 0. The van der Waals surface area contributed by atoms with E-state index < -0.39 is 10.0 Å². The van der Waals surface area contributed by atoms with Crippen LogP contribution in [0.3, 0.4) is 0 Å². The van der Waals surface area contributed by atoms with Crippen LogP contribution in [0.1, 0.15) is 24.3 Å². The lowest BCUT2D eigenvalue weighted by Gasteiger charge is -2.17. The third kappa shape index (κ3) is 6.44. The number of hydrogen-bond donors (Lipinski definition) is 1. The average molecular weight is 490 g/mol. The number of sulfonamides is 1. The molecule has 4 rings (SSSR count). The molecule has 0 bridgehead atoms. The molecule has 0 radical (unpaired) electrons. The predicted octanol–water partition coefficient (Wildman–Crippen LogP) is 5.12. The molecule has 0 saturated heterocycles. The van der Waals surface area contributed by atoms with Crippen molar-refractivity contribution in [3.8, 4) is 11.3 Å². The molecule has 0 spiro atoms. The summed E-state index contributed by atoms with van der Waals surface area (Å²) < 4.78 is 32.8. The molecule has 0 fully saturated rings. The zero-order chi connectivity index (χ0) is 24.7. The van der Waals surface area contributed by atoms with E-state index in [1.165, 1.54) is 16.4 Å². The fraction of sp³-hybridized carbons (Fsp3) is 0.185. The minimum Gasteiger partial charge on any atom is -0.441 e. The first-order chi connectivity index (χ1) is 16.9. The fourth-order valence-electron chi connectivity index (χ4n) is 3.60. The summed E-state index contributed by atoms with van der Waals surface area (Å²) in [5.41, 5.74) is 2.41. The Morgan fingerprint density at radius 1 is 0.943 bits per heavy atom. The van der Waals surface area contributed by atoms with Crippen molar-refractivity contribution in [1.29, 1.82) is 0 Å². The molecule has 4 aromatic rings. The number of hydrogen-bond acceptors (Lipinski definition) is 5. The minimum absolute atomic E-state index is 0.156. The second kappa shape index (κ2) is 11.1. The highest BCUT2D eigenvalue weighted by molar-refractivity contribution is 7.89. The zero-order valence-corrected chi connectivity index (χ0v) is 20.2. The molecule has 0 aliphatic heterocycles. The van der Waals surface area contributed by atoms with Gasteiger partial charge in [0.1, 0.15) is 0 Å². The smallest absolute Gasteiger partial charge is 0.243 e. The first-order valence-corrected chi connectivity index (χ1v) is 12.8. The first kappa shape index (κ1) is 24.4. The second-order valence-corrected chi connectivity index (χ2v) is 10.2. The van der Waals surface area contributed by atoms with Crippen LogP contribution < -0.4 is 5.32 Å². The molecule has 7 nitrogen and oxygen atoms in total. The van der Waals surface area contributed by atoms with Gasteiger partial charge in [-0.1, -0.05) is 60.7 Å². The fourth-order valence-corrected chi connectivity index (χ4v) is 4.76. The Morgan fingerprint density at radius 2 is 1.60 bits per heavy atom. The highest BCUT2D eigenvalue weighted by Gasteiger charge is 2.21. The van der Waals surface area contributed by atoms with Crippen LogP contribution in [0.2, 0.25) is 0 Å². The van der Waals surface area contributed by atoms with Crippen molar-refractivity contribution < 1.29 is 17.6 Å². The van der Waals surface area contributed by atoms with Crippen molar-refractivity contribution in [3.05, 3.63) is 103 Å². The molecule has 1 heterocycles. The van der Waals surface area contributed by atoms with Crippen molar-refractivity contribution >= 4 is 21.6 Å². The number of rotatable bonds is 10. The normalized spacial score (nSPS) is 11.5. The van der Waals surface area contributed by atoms with Crippen LogP contribution >= 0.6 is 0 Å². The summed E-state index contributed by atoms with van der Waals surface area (Å²) in [6.45, 7) is 0.277. The Balaban J connectivity index is 1.27. The van der Waals surface area contributed by atoms with Crippen LogP contribution in [0.4, 0.5) is 5.69 Å². The number of carbonyl (C=O) groups excluding carboxylic acids is 1. The van der Waals surface area contributed by atoms with Crippen molar-refractivity contribution in [2.45, 2.75) is 30.7 Å². The summed E-state index contributed by atoms with van der Waals surface area (Å²) in [6.07, 6.45) is 3.11. The van der Waals surface area contributed by atoms with E-state index in [-0.39, 0.29) is 17.3 Å². The van der Waals surface area contributed by atoms with Gasteiger partial charge >= 0.3 is 0 Å². The van der Waals surface area contributed by atoms with Gasteiger partial charge in [-0.3, -0.25) is 4.79 Å². The molecular weight excluding hydrogens is 462 g/mol. The molecule has 3 aromatic carbocycles. The lowest BCUT2D eigenvalue weighted by molar-refractivity contribution is -0.116. The standard InChI is InChI=1S/C27H27N3O4S/c1-30(20-21-9-4-2-5-10-21)35(32,33)24-17-15-23(16-18-24)29-26(31)13-8-14-27-28-19-25(34-27)22-11-6-3-7-12-22/h2-7,9-12,15-19H,8,13-14,20H2,1H3,(H,29,31). The van der Waals surface area contributed by atoms with E-state index in [0.29, 0.717) is 36.6 Å². The van der Waals surface area contributed by atoms with E-state index in [4.69, 9.17) is 4.42 Å². The number of nitrogens with one attached hydrogen (secondary N) is 1. The van der Waals surface area contributed by atoms with Gasteiger partial charge < -0.3 is 9.73 Å². The molecule has 1 amide bonds. The molecule has 1 aromatic heterocycles. The molecule has 0 saturated carbocycles. The van der Waals surface area contributed by atoms with Gasteiger partial charge in [-0.2, -0.15) is 4.31 Å². The SMILES string of the molecule is CN(Cc1ccccc1)S(=O)(=O)c1ccc(NC(=O)CCCc2ncc(-c3ccccc3)o2)cc1. The van der Waals surface area contributed by atoms with Gasteiger partial charge in [-0.25, -0.2) is 13.4 Å². The monoisotopic (exact) mass is 489 g/mol. The Labute approximate surface area is 205 Å². The zero-order valence-electron chi connectivity index (χ0n) is 19.4. The summed E-state index contributed by atoms with van der Waals surface area (Å²) in [6, 6.07) is 25.3. The van der Waals surface area contributed by atoms with Crippen LogP contribution in [0.5, 0.6) is 0 Å². The molecule has 0 unspecified atom stereocenters. The second-order valence-electron chi connectivity index (χ2n) is 8.16. The predicted molar refractivity (Wildman–Crippen MR) is 135 cm³/mol. The number of amides is 1. The molecule has 0 atom stereocenters. The van der Waals surface area contributed by atoms with Crippen molar-refractivity contribution in [1.82, 2.24) is 9.29 Å². The number of oxazole rings is 1. The van der Waals surface area contributed by atoms with Crippen LogP contribution in [-0.4, -0.2) is 30.7 Å². The van der Waals surface area contributed by atoms with Crippen LogP contribution in [0.25, 0.3) is 11.3 Å². The summed E-state index contributed by atoms with van der Waals surface area (Å²) in [5, 5.41) is 2.81. The maximum Gasteiger partial charge on any atom is 0.243 e. The van der Waals surface area contributed by atoms with E-state index in [9.17, 15) is 13.2 Å². The van der Waals surface area contributed by atoms with E-state index in [0.717, 1.165) is 11.1 Å². The number of aryl methyl sites for hydroxylation is 1.